The highest BCUT2D eigenvalue weighted by molar-refractivity contribution is 6.00. The Balaban J connectivity index is 1.58. The number of aromatic nitrogens is 6. The van der Waals surface area contributed by atoms with Crippen molar-refractivity contribution in [3.8, 4) is 22.6 Å². The van der Waals surface area contributed by atoms with Gasteiger partial charge in [0, 0.05) is 10.8 Å². The van der Waals surface area contributed by atoms with Crippen LogP contribution in [0, 0.1) is 0 Å². The van der Waals surface area contributed by atoms with E-state index in [4.69, 9.17) is 4.98 Å². The van der Waals surface area contributed by atoms with Crippen molar-refractivity contribution in [1.29, 1.82) is 0 Å². The Morgan fingerprint density at radius 2 is 1.63 bits per heavy atom. The summed E-state index contributed by atoms with van der Waals surface area (Å²) in [5.41, 5.74) is 7.02. The molecule has 0 aliphatic heterocycles. The lowest BCUT2D eigenvalue weighted by molar-refractivity contribution is 1.11. The van der Waals surface area contributed by atoms with Crippen molar-refractivity contribution >= 4 is 32.8 Å². The van der Waals surface area contributed by atoms with Gasteiger partial charge in [0.25, 0.3) is 0 Å². The second-order valence-corrected chi connectivity index (χ2v) is 6.57. The Hall–Kier alpha value is -3.93. The molecule has 0 fully saturated rings. The molecule has 0 saturated carbocycles. The molecular formula is C21H14N6. The number of aromatic amines is 3. The monoisotopic (exact) mass is 350 g/mol. The number of para-hydroxylation sites is 2. The average Bonchev–Trinajstić information content (AvgIpc) is 3.43. The molecule has 0 unspecified atom stereocenters. The van der Waals surface area contributed by atoms with E-state index in [-0.39, 0.29) is 0 Å². The zero-order valence-corrected chi connectivity index (χ0v) is 14.2. The average molecular weight is 350 g/mol. The Morgan fingerprint density at radius 3 is 2.59 bits per heavy atom. The largest absolute Gasteiger partial charge is 0.337 e. The van der Waals surface area contributed by atoms with Crippen LogP contribution in [0.1, 0.15) is 0 Å². The van der Waals surface area contributed by atoms with Crippen molar-refractivity contribution in [1.82, 2.24) is 30.4 Å². The molecule has 0 bridgehead atoms. The van der Waals surface area contributed by atoms with Gasteiger partial charge in [0.05, 0.1) is 28.3 Å². The first-order valence-corrected chi connectivity index (χ1v) is 8.72. The van der Waals surface area contributed by atoms with E-state index in [9.17, 15) is 0 Å². The van der Waals surface area contributed by atoms with Gasteiger partial charge in [-0.05, 0) is 41.5 Å². The normalized spacial score (nSPS) is 11.7. The molecule has 0 aliphatic carbocycles. The Kier molecular flexibility index (Phi) is 2.79. The summed E-state index contributed by atoms with van der Waals surface area (Å²) in [5.74, 6) is 0.765. The zero-order valence-electron chi connectivity index (χ0n) is 14.2. The van der Waals surface area contributed by atoms with Crippen LogP contribution in [0.3, 0.4) is 0 Å². The SMILES string of the molecule is c1ccc2[nH]c(-c3n[nH]c4ccc(-c5cccc6[nH]ncc56)cc34)nc2c1. The molecule has 3 heterocycles. The molecule has 6 nitrogen and oxygen atoms in total. The van der Waals surface area contributed by atoms with Crippen molar-refractivity contribution in [2.24, 2.45) is 0 Å². The Bertz CT molecular complexity index is 1400. The van der Waals surface area contributed by atoms with Crippen LogP contribution in [-0.4, -0.2) is 30.4 Å². The van der Waals surface area contributed by atoms with E-state index < -0.39 is 0 Å². The van der Waals surface area contributed by atoms with Crippen LogP contribution >= 0.6 is 0 Å². The number of hydrogen-bond donors (Lipinski definition) is 3. The lowest BCUT2D eigenvalue weighted by Gasteiger charge is -2.04. The minimum Gasteiger partial charge on any atom is -0.337 e. The van der Waals surface area contributed by atoms with Gasteiger partial charge < -0.3 is 4.98 Å². The van der Waals surface area contributed by atoms with Gasteiger partial charge in [-0.15, -0.1) is 0 Å². The summed E-state index contributed by atoms with van der Waals surface area (Å²) in [5, 5.41) is 17.0. The predicted octanol–water partition coefficient (Wildman–Crippen LogP) is 4.65. The number of benzene rings is 3. The highest BCUT2D eigenvalue weighted by Gasteiger charge is 2.14. The van der Waals surface area contributed by atoms with Gasteiger partial charge in [0.2, 0.25) is 0 Å². The van der Waals surface area contributed by atoms with Crippen LogP contribution in [0.4, 0.5) is 0 Å². The van der Waals surface area contributed by atoms with Gasteiger partial charge in [-0.2, -0.15) is 10.2 Å². The maximum Gasteiger partial charge on any atom is 0.159 e. The fourth-order valence-corrected chi connectivity index (χ4v) is 3.65. The highest BCUT2D eigenvalue weighted by atomic mass is 15.1. The number of hydrogen-bond acceptors (Lipinski definition) is 3. The van der Waals surface area contributed by atoms with Crippen LogP contribution in [0.5, 0.6) is 0 Å². The molecule has 0 amide bonds. The third-order valence-corrected chi connectivity index (χ3v) is 4.97. The minimum absolute atomic E-state index is 0.765. The lowest BCUT2D eigenvalue weighted by Crippen LogP contribution is -1.83. The van der Waals surface area contributed by atoms with E-state index in [0.29, 0.717) is 0 Å². The van der Waals surface area contributed by atoms with E-state index >= 15 is 0 Å². The molecular weight excluding hydrogens is 336 g/mol. The summed E-state index contributed by atoms with van der Waals surface area (Å²) in [6.45, 7) is 0. The highest BCUT2D eigenvalue weighted by Crippen LogP contribution is 2.33. The van der Waals surface area contributed by atoms with E-state index in [1.165, 1.54) is 0 Å². The van der Waals surface area contributed by atoms with Crippen LogP contribution in [-0.2, 0) is 0 Å². The van der Waals surface area contributed by atoms with E-state index in [1.807, 2.05) is 42.6 Å². The second-order valence-electron chi connectivity index (χ2n) is 6.57. The number of H-pyrrole nitrogens is 3. The first kappa shape index (κ1) is 14.3. The van der Waals surface area contributed by atoms with Crippen molar-refractivity contribution in [2.45, 2.75) is 0 Å². The standard InChI is InChI=1S/C21H14N6/c1-2-6-19-18(5-1)23-21(24-19)20-14-10-12(8-9-17(14)26-27-20)13-4-3-7-16-15(13)11-22-25-16/h1-11H,(H,22,25)(H,23,24)(H,26,27). The molecule has 0 spiro atoms. The Morgan fingerprint density at radius 1 is 0.741 bits per heavy atom. The fourth-order valence-electron chi connectivity index (χ4n) is 3.65. The second kappa shape index (κ2) is 5.28. The molecule has 6 heteroatoms. The first-order valence-electron chi connectivity index (χ1n) is 8.72. The maximum absolute atomic E-state index is 4.70. The zero-order chi connectivity index (χ0) is 17.8. The number of rotatable bonds is 2. The van der Waals surface area contributed by atoms with Gasteiger partial charge in [-0.25, -0.2) is 4.98 Å². The molecule has 3 N–H and O–H groups in total. The van der Waals surface area contributed by atoms with Gasteiger partial charge in [-0.3, -0.25) is 10.2 Å². The van der Waals surface area contributed by atoms with E-state index in [1.54, 1.807) is 0 Å². The van der Waals surface area contributed by atoms with Crippen LogP contribution in [0.2, 0.25) is 0 Å². The molecule has 0 atom stereocenters. The van der Waals surface area contributed by atoms with Crippen molar-refractivity contribution in [2.75, 3.05) is 0 Å². The predicted molar refractivity (Wildman–Crippen MR) is 106 cm³/mol. The van der Waals surface area contributed by atoms with Crippen molar-refractivity contribution < 1.29 is 0 Å². The third-order valence-electron chi connectivity index (χ3n) is 4.97. The minimum atomic E-state index is 0.765. The number of imidazole rings is 1. The summed E-state index contributed by atoms with van der Waals surface area (Å²) < 4.78 is 0. The van der Waals surface area contributed by atoms with Crippen molar-refractivity contribution in [3.05, 3.63) is 66.9 Å². The number of nitrogens with zero attached hydrogens (tertiary/aromatic N) is 3. The van der Waals surface area contributed by atoms with E-state index in [0.717, 1.165) is 55.5 Å². The first-order chi connectivity index (χ1) is 13.4. The Labute approximate surface area is 153 Å². The maximum atomic E-state index is 4.70. The molecule has 128 valence electrons. The van der Waals surface area contributed by atoms with Crippen LogP contribution in [0.15, 0.2) is 66.9 Å². The number of nitrogens with one attached hydrogen (secondary N) is 3. The topological polar surface area (TPSA) is 86.0 Å². The summed E-state index contributed by atoms with van der Waals surface area (Å²) in [7, 11) is 0. The molecule has 0 aliphatic rings. The van der Waals surface area contributed by atoms with Crippen LogP contribution < -0.4 is 0 Å². The molecule has 6 rings (SSSR count). The molecule has 3 aromatic carbocycles. The third kappa shape index (κ3) is 2.10. The van der Waals surface area contributed by atoms with Gasteiger partial charge in [-0.1, -0.05) is 30.3 Å². The van der Waals surface area contributed by atoms with Gasteiger partial charge in [0.15, 0.2) is 5.82 Å². The van der Waals surface area contributed by atoms with Gasteiger partial charge in [0.1, 0.15) is 5.69 Å². The summed E-state index contributed by atoms with van der Waals surface area (Å²) >= 11 is 0. The molecule has 0 saturated heterocycles. The van der Waals surface area contributed by atoms with Crippen molar-refractivity contribution in [3.63, 3.8) is 0 Å². The van der Waals surface area contributed by atoms with E-state index in [2.05, 4.69) is 49.6 Å². The molecule has 27 heavy (non-hydrogen) atoms. The molecule has 3 aromatic heterocycles. The summed E-state index contributed by atoms with van der Waals surface area (Å²) in [6.07, 6.45) is 1.87. The van der Waals surface area contributed by atoms with Crippen LogP contribution in [0.25, 0.3) is 55.5 Å². The smallest absolute Gasteiger partial charge is 0.159 e. The quantitative estimate of drug-likeness (QED) is 0.425. The van der Waals surface area contributed by atoms with Gasteiger partial charge >= 0.3 is 0 Å². The number of fused-ring (bicyclic) bond motifs is 3. The lowest BCUT2D eigenvalue weighted by atomic mass is 10.00. The summed E-state index contributed by atoms with van der Waals surface area (Å²) in [4.78, 5) is 8.06. The molecule has 6 aromatic rings. The fraction of sp³-hybridized carbons (Fsp3) is 0. The molecule has 0 radical (unpaired) electrons. The summed E-state index contributed by atoms with van der Waals surface area (Å²) in [6, 6.07) is 20.5.